The summed E-state index contributed by atoms with van der Waals surface area (Å²) in [5, 5.41) is 8.50. The minimum absolute atomic E-state index is 0.342. The highest BCUT2D eigenvalue weighted by molar-refractivity contribution is 5.67. The Morgan fingerprint density at radius 3 is 2.09 bits per heavy atom. The monoisotopic (exact) mass is 432 g/mol. The Balaban J connectivity index is 1.64. The van der Waals surface area contributed by atoms with Crippen LogP contribution in [-0.2, 0) is 6.61 Å². The van der Waals surface area contributed by atoms with Crippen molar-refractivity contribution in [3.8, 4) is 45.9 Å². The predicted octanol–water partition coefficient (Wildman–Crippen LogP) is 5.32. The fourth-order valence-electron chi connectivity index (χ4n) is 3.38. The number of hydrogen-bond donors (Lipinski definition) is 0. The fraction of sp³-hybridized carbons (Fsp3) is 0.200. The maximum Gasteiger partial charge on any atom is 0.248 e. The topological polar surface area (TPSA) is 75.8 Å². The molecule has 7 nitrogen and oxygen atoms in total. The van der Waals surface area contributed by atoms with E-state index in [1.807, 2.05) is 55.5 Å². The number of aryl methyl sites for hydroxylation is 1. The van der Waals surface area contributed by atoms with Crippen molar-refractivity contribution in [2.24, 2.45) is 0 Å². The van der Waals surface area contributed by atoms with E-state index in [0.29, 0.717) is 41.2 Å². The normalized spacial score (nSPS) is 10.6. The summed E-state index contributed by atoms with van der Waals surface area (Å²) in [5.41, 5.74) is 3.49. The highest BCUT2D eigenvalue weighted by Gasteiger charge is 2.19. The zero-order valence-electron chi connectivity index (χ0n) is 18.4. The lowest BCUT2D eigenvalue weighted by Gasteiger charge is -2.12. The zero-order valence-corrected chi connectivity index (χ0v) is 18.4. The minimum Gasteiger partial charge on any atom is -0.493 e. The quantitative estimate of drug-likeness (QED) is 0.373. The summed E-state index contributed by atoms with van der Waals surface area (Å²) in [7, 11) is 4.68. The molecule has 164 valence electrons. The van der Waals surface area contributed by atoms with Crippen molar-refractivity contribution in [3.63, 3.8) is 0 Å². The third-order valence-electron chi connectivity index (χ3n) is 5.06. The van der Waals surface area contributed by atoms with Gasteiger partial charge in [-0.2, -0.15) is 0 Å². The van der Waals surface area contributed by atoms with Gasteiger partial charge in [-0.05, 0) is 36.8 Å². The second kappa shape index (κ2) is 9.43. The van der Waals surface area contributed by atoms with Crippen LogP contribution in [0.25, 0.3) is 22.9 Å². The third-order valence-corrected chi connectivity index (χ3v) is 5.06. The van der Waals surface area contributed by atoms with E-state index in [1.54, 1.807) is 33.5 Å². The van der Waals surface area contributed by atoms with Gasteiger partial charge in [0.1, 0.15) is 12.4 Å². The molecule has 0 bridgehead atoms. The van der Waals surface area contributed by atoms with E-state index in [0.717, 1.165) is 22.4 Å². The number of rotatable bonds is 8. The van der Waals surface area contributed by atoms with Gasteiger partial charge < -0.3 is 23.4 Å². The van der Waals surface area contributed by atoms with E-state index in [1.165, 1.54) is 0 Å². The molecule has 0 amide bonds. The van der Waals surface area contributed by atoms with Gasteiger partial charge in [-0.3, -0.25) is 0 Å². The molecule has 0 N–H and O–H groups in total. The van der Waals surface area contributed by atoms with E-state index < -0.39 is 0 Å². The van der Waals surface area contributed by atoms with Gasteiger partial charge in [-0.15, -0.1) is 10.2 Å². The van der Waals surface area contributed by atoms with Crippen molar-refractivity contribution in [2.75, 3.05) is 21.3 Å². The molecule has 1 aromatic heterocycles. The molecule has 0 radical (unpaired) electrons. The first-order valence-corrected chi connectivity index (χ1v) is 10.0. The Bertz CT molecular complexity index is 1190. The SMILES string of the molecule is COc1cc(-c2nnc(-c3ccccc3COc3ccccc3C)o2)cc(OC)c1OC. The summed E-state index contributed by atoms with van der Waals surface area (Å²) < 4.78 is 28.3. The van der Waals surface area contributed by atoms with Crippen molar-refractivity contribution in [3.05, 3.63) is 71.8 Å². The Kier molecular flexibility index (Phi) is 6.26. The van der Waals surface area contributed by atoms with Crippen LogP contribution in [0, 0.1) is 6.92 Å². The lowest BCUT2D eigenvalue weighted by Crippen LogP contribution is -1.99. The molecule has 3 aromatic carbocycles. The maximum atomic E-state index is 6.03. The molecule has 0 saturated carbocycles. The smallest absolute Gasteiger partial charge is 0.248 e. The van der Waals surface area contributed by atoms with Gasteiger partial charge in [0, 0.05) is 16.7 Å². The van der Waals surface area contributed by atoms with Crippen molar-refractivity contribution in [1.82, 2.24) is 10.2 Å². The summed E-state index contributed by atoms with van der Waals surface area (Å²) in [6.07, 6.45) is 0. The molecule has 0 aliphatic heterocycles. The molecule has 0 saturated heterocycles. The van der Waals surface area contributed by atoms with Crippen molar-refractivity contribution in [2.45, 2.75) is 13.5 Å². The zero-order chi connectivity index (χ0) is 22.5. The number of methoxy groups -OCH3 is 3. The highest BCUT2D eigenvalue weighted by Crippen LogP contribution is 2.41. The maximum absolute atomic E-state index is 6.03. The number of para-hydroxylation sites is 1. The van der Waals surface area contributed by atoms with E-state index >= 15 is 0 Å². The van der Waals surface area contributed by atoms with Crippen LogP contribution in [0.1, 0.15) is 11.1 Å². The van der Waals surface area contributed by atoms with Crippen molar-refractivity contribution < 1.29 is 23.4 Å². The van der Waals surface area contributed by atoms with Crippen LogP contribution in [0.15, 0.2) is 65.1 Å². The second-order valence-corrected chi connectivity index (χ2v) is 7.04. The predicted molar refractivity (Wildman–Crippen MR) is 120 cm³/mol. The Morgan fingerprint density at radius 2 is 1.41 bits per heavy atom. The number of aromatic nitrogens is 2. The van der Waals surface area contributed by atoms with Gasteiger partial charge in [-0.25, -0.2) is 0 Å². The first kappa shape index (κ1) is 21.2. The Hall–Kier alpha value is -4.00. The van der Waals surface area contributed by atoms with Gasteiger partial charge in [-0.1, -0.05) is 36.4 Å². The Labute approximate surface area is 186 Å². The van der Waals surface area contributed by atoms with Crippen molar-refractivity contribution >= 4 is 0 Å². The van der Waals surface area contributed by atoms with Gasteiger partial charge in [0.25, 0.3) is 0 Å². The van der Waals surface area contributed by atoms with Crippen LogP contribution in [0.3, 0.4) is 0 Å². The molecular formula is C25H24N2O5. The van der Waals surface area contributed by atoms with Gasteiger partial charge in [0.15, 0.2) is 11.5 Å². The van der Waals surface area contributed by atoms with E-state index in [4.69, 9.17) is 23.4 Å². The summed E-state index contributed by atoms with van der Waals surface area (Å²) in [6, 6.07) is 19.2. The number of ether oxygens (including phenoxy) is 4. The third kappa shape index (κ3) is 4.23. The van der Waals surface area contributed by atoms with E-state index in [-0.39, 0.29) is 0 Å². The molecular weight excluding hydrogens is 408 g/mol. The molecule has 0 aliphatic carbocycles. The first-order valence-electron chi connectivity index (χ1n) is 10.0. The standard InChI is InChI=1S/C25H24N2O5/c1-16-9-5-8-12-20(16)31-15-17-10-6-7-11-19(17)25-27-26-24(32-25)18-13-21(28-2)23(30-4)22(14-18)29-3/h5-14H,15H2,1-4H3. The molecule has 0 fully saturated rings. The average Bonchev–Trinajstić information content (AvgIpc) is 3.33. The molecule has 0 atom stereocenters. The summed E-state index contributed by atoms with van der Waals surface area (Å²) in [6.45, 7) is 2.39. The number of hydrogen-bond acceptors (Lipinski definition) is 7. The summed E-state index contributed by atoms with van der Waals surface area (Å²) in [5.74, 6) is 3.09. The van der Waals surface area contributed by atoms with Crippen LogP contribution < -0.4 is 18.9 Å². The van der Waals surface area contributed by atoms with E-state index in [2.05, 4.69) is 10.2 Å². The fourth-order valence-corrected chi connectivity index (χ4v) is 3.38. The minimum atomic E-state index is 0.342. The average molecular weight is 432 g/mol. The molecule has 1 heterocycles. The Morgan fingerprint density at radius 1 is 0.750 bits per heavy atom. The largest absolute Gasteiger partial charge is 0.493 e. The molecule has 0 unspecified atom stereocenters. The van der Waals surface area contributed by atoms with Crippen LogP contribution in [0.2, 0.25) is 0 Å². The van der Waals surface area contributed by atoms with Gasteiger partial charge in [0.2, 0.25) is 17.5 Å². The van der Waals surface area contributed by atoms with Gasteiger partial charge >= 0.3 is 0 Å². The van der Waals surface area contributed by atoms with Crippen LogP contribution in [-0.4, -0.2) is 31.5 Å². The molecule has 0 aliphatic rings. The molecule has 4 rings (SSSR count). The van der Waals surface area contributed by atoms with Crippen LogP contribution >= 0.6 is 0 Å². The summed E-state index contributed by atoms with van der Waals surface area (Å²) in [4.78, 5) is 0. The summed E-state index contributed by atoms with van der Waals surface area (Å²) >= 11 is 0. The molecule has 7 heteroatoms. The van der Waals surface area contributed by atoms with Crippen LogP contribution in [0.5, 0.6) is 23.0 Å². The molecule has 0 spiro atoms. The lowest BCUT2D eigenvalue weighted by molar-refractivity contribution is 0.304. The van der Waals surface area contributed by atoms with Gasteiger partial charge in [0.05, 0.1) is 21.3 Å². The molecule has 32 heavy (non-hydrogen) atoms. The highest BCUT2D eigenvalue weighted by atomic mass is 16.5. The van der Waals surface area contributed by atoms with E-state index in [9.17, 15) is 0 Å². The van der Waals surface area contributed by atoms with Crippen molar-refractivity contribution in [1.29, 1.82) is 0 Å². The second-order valence-electron chi connectivity index (χ2n) is 7.04. The number of nitrogens with zero attached hydrogens (tertiary/aromatic N) is 2. The number of benzene rings is 3. The lowest BCUT2D eigenvalue weighted by atomic mass is 10.1. The van der Waals surface area contributed by atoms with Crippen LogP contribution in [0.4, 0.5) is 0 Å². The molecule has 4 aromatic rings. The first-order chi connectivity index (χ1) is 15.6.